The zero-order valence-corrected chi connectivity index (χ0v) is 14.0. The molecule has 24 heavy (non-hydrogen) atoms. The molecule has 0 aliphatic rings. The molecule has 0 saturated heterocycles. The largest absolute Gasteiger partial charge is 0.451 e. The number of aromatic nitrogens is 1. The van der Waals surface area contributed by atoms with Gasteiger partial charge in [-0.1, -0.05) is 6.08 Å². The first kappa shape index (κ1) is 17.6. The molecule has 4 N–H and O–H groups in total. The summed E-state index contributed by atoms with van der Waals surface area (Å²) >= 11 is 2.39. The van der Waals surface area contributed by atoms with Gasteiger partial charge in [-0.15, -0.1) is 29.3 Å². The fourth-order valence-electron chi connectivity index (χ4n) is 1.58. The fourth-order valence-corrected chi connectivity index (χ4v) is 3.07. The van der Waals surface area contributed by atoms with Crippen LogP contribution in [0.15, 0.2) is 29.5 Å². The van der Waals surface area contributed by atoms with Crippen molar-refractivity contribution in [2.75, 3.05) is 23.8 Å². The molecule has 0 unspecified atom stereocenters. The Morgan fingerprint density at radius 1 is 1.38 bits per heavy atom. The number of hydrogen-bond donors (Lipinski definition) is 3. The number of nitrogens with two attached hydrogens (primary N) is 1. The molecule has 0 bridgehead atoms. The van der Waals surface area contributed by atoms with E-state index in [1.807, 2.05) is 0 Å². The number of nitrogens with zero attached hydrogens (tertiary/aromatic N) is 1. The second-order valence-electron chi connectivity index (χ2n) is 4.36. The van der Waals surface area contributed by atoms with E-state index in [4.69, 9.17) is 10.5 Å². The van der Waals surface area contributed by atoms with Gasteiger partial charge < -0.3 is 21.1 Å². The number of anilines is 2. The molecule has 2 aromatic heterocycles. The second kappa shape index (κ2) is 8.22. The van der Waals surface area contributed by atoms with Crippen LogP contribution in [0.4, 0.5) is 10.1 Å². The lowest BCUT2D eigenvalue weighted by Crippen LogP contribution is -2.22. The summed E-state index contributed by atoms with van der Waals surface area (Å²) in [6.07, 6.45) is 1.66. The van der Waals surface area contributed by atoms with E-state index in [0.29, 0.717) is 16.7 Å². The number of carbonyl (C=O) groups is 3. The zero-order chi connectivity index (χ0) is 17.5. The van der Waals surface area contributed by atoms with E-state index >= 15 is 0 Å². The molecule has 0 fully saturated rings. The van der Waals surface area contributed by atoms with E-state index in [0.717, 1.165) is 11.3 Å². The average molecular weight is 366 g/mol. The van der Waals surface area contributed by atoms with Gasteiger partial charge in [-0.3, -0.25) is 9.59 Å². The van der Waals surface area contributed by atoms with Crippen LogP contribution >= 0.6 is 22.7 Å². The maximum Gasteiger partial charge on any atom is 0.358 e. The summed E-state index contributed by atoms with van der Waals surface area (Å²) in [6, 6.07) is 1.50. The lowest BCUT2D eigenvalue weighted by Gasteiger charge is -2.05. The van der Waals surface area contributed by atoms with Crippen LogP contribution < -0.4 is 16.4 Å². The Balaban J connectivity index is 1.85. The quantitative estimate of drug-likeness (QED) is 0.482. The van der Waals surface area contributed by atoms with Gasteiger partial charge in [0, 0.05) is 11.9 Å². The van der Waals surface area contributed by atoms with Gasteiger partial charge in [-0.25, -0.2) is 9.78 Å². The number of rotatable bonds is 8. The lowest BCUT2D eigenvalue weighted by atomic mass is 10.3. The molecule has 0 aliphatic carbocycles. The highest BCUT2D eigenvalue weighted by molar-refractivity contribution is 7.14. The van der Waals surface area contributed by atoms with E-state index in [2.05, 4.69) is 22.2 Å². The summed E-state index contributed by atoms with van der Waals surface area (Å²) in [7, 11) is 0. The van der Waals surface area contributed by atoms with Gasteiger partial charge >= 0.3 is 5.97 Å². The molecule has 0 aromatic carbocycles. The SMILES string of the molecule is C=CCNc1nc(C(=O)OCC(=O)Nc2sccc2C(N)=O)cs1. The predicted molar refractivity (Wildman–Crippen MR) is 92.5 cm³/mol. The zero-order valence-electron chi connectivity index (χ0n) is 12.4. The molecule has 0 saturated carbocycles. The first-order chi connectivity index (χ1) is 11.5. The van der Waals surface area contributed by atoms with Crippen molar-refractivity contribution in [3.8, 4) is 0 Å². The van der Waals surface area contributed by atoms with E-state index < -0.39 is 24.4 Å². The Morgan fingerprint density at radius 3 is 2.88 bits per heavy atom. The summed E-state index contributed by atoms with van der Waals surface area (Å²) < 4.78 is 4.89. The van der Waals surface area contributed by atoms with Crippen molar-refractivity contribution >= 4 is 50.6 Å². The predicted octanol–water partition coefficient (Wildman–Crippen LogP) is 1.70. The van der Waals surface area contributed by atoms with Crippen LogP contribution in [0.25, 0.3) is 0 Å². The van der Waals surface area contributed by atoms with Gasteiger partial charge in [0.15, 0.2) is 17.4 Å². The number of nitrogens with one attached hydrogen (secondary N) is 2. The number of thiazole rings is 1. The number of esters is 1. The first-order valence-electron chi connectivity index (χ1n) is 6.66. The number of carbonyl (C=O) groups excluding carboxylic acids is 3. The molecular weight excluding hydrogens is 352 g/mol. The van der Waals surface area contributed by atoms with Gasteiger partial charge in [0.25, 0.3) is 11.8 Å². The molecule has 2 amide bonds. The maximum atomic E-state index is 11.8. The minimum atomic E-state index is -0.714. The van der Waals surface area contributed by atoms with Crippen molar-refractivity contribution in [1.29, 1.82) is 0 Å². The third kappa shape index (κ3) is 4.64. The normalized spacial score (nSPS) is 10.0. The summed E-state index contributed by atoms with van der Waals surface area (Å²) in [5, 5.41) is 9.42. The highest BCUT2D eigenvalue weighted by Gasteiger charge is 2.16. The molecule has 8 nitrogen and oxygen atoms in total. The van der Waals surface area contributed by atoms with E-state index in [1.54, 1.807) is 11.5 Å². The van der Waals surface area contributed by atoms with Crippen molar-refractivity contribution in [2.24, 2.45) is 5.73 Å². The van der Waals surface area contributed by atoms with Crippen LogP contribution in [0, 0.1) is 0 Å². The smallest absolute Gasteiger partial charge is 0.358 e. The monoisotopic (exact) mass is 366 g/mol. The summed E-state index contributed by atoms with van der Waals surface area (Å²) in [4.78, 5) is 38.8. The summed E-state index contributed by atoms with van der Waals surface area (Å²) in [5.41, 5.74) is 5.49. The molecular formula is C14H14N4O4S2. The fraction of sp³-hybridized carbons (Fsp3) is 0.143. The van der Waals surface area contributed by atoms with Crippen molar-refractivity contribution in [3.05, 3.63) is 40.7 Å². The standard InChI is InChI=1S/C14H14N4O4S2/c1-2-4-16-14-17-9(7-24-14)13(21)22-6-10(19)18-12-8(11(15)20)3-5-23-12/h2-3,5,7H,1,4,6H2,(H2,15,20)(H,16,17)(H,18,19). The maximum absolute atomic E-state index is 11.8. The second-order valence-corrected chi connectivity index (χ2v) is 6.13. The minimum absolute atomic E-state index is 0.105. The van der Waals surface area contributed by atoms with Crippen LogP contribution in [-0.4, -0.2) is 35.9 Å². The van der Waals surface area contributed by atoms with Gasteiger partial charge in [0.05, 0.1) is 5.56 Å². The van der Waals surface area contributed by atoms with Crippen molar-refractivity contribution in [2.45, 2.75) is 0 Å². The van der Waals surface area contributed by atoms with Crippen molar-refractivity contribution in [1.82, 2.24) is 4.98 Å². The number of amides is 2. The molecule has 0 aliphatic heterocycles. The van der Waals surface area contributed by atoms with Gasteiger partial charge in [-0.2, -0.15) is 0 Å². The number of thiophene rings is 1. The minimum Gasteiger partial charge on any atom is -0.451 e. The van der Waals surface area contributed by atoms with E-state index in [9.17, 15) is 14.4 Å². The Bertz CT molecular complexity index is 768. The van der Waals surface area contributed by atoms with E-state index in [1.165, 1.54) is 22.8 Å². The lowest BCUT2D eigenvalue weighted by molar-refractivity contribution is -0.119. The van der Waals surface area contributed by atoms with Gasteiger partial charge in [-0.05, 0) is 11.4 Å². The van der Waals surface area contributed by atoms with Crippen LogP contribution in [0.2, 0.25) is 0 Å². The third-order valence-corrected chi connectivity index (χ3v) is 4.26. The summed E-state index contributed by atoms with van der Waals surface area (Å²) in [5.74, 6) is -1.94. The molecule has 0 atom stereocenters. The third-order valence-electron chi connectivity index (χ3n) is 2.63. The number of primary amides is 1. The van der Waals surface area contributed by atoms with Crippen LogP contribution in [0.1, 0.15) is 20.8 Å². The molecule has 2 heterocycles. The van der Waals surface area contributed by atoms with E-state index in [-0.39, 0.29) is 11.3 Å². The van der Waals surface area contributed by atoms with Crippen molar-refractivity contribution < 1.29 is 19.1 Å². The Morgan fingerprint density at radius 2 is 2.17 bits per heavy atom. The van der Waals surface area contributed by atoms with Crippen LogP contribution in [0.5, 0.6) is 0 Å². The topological polar surface area (TPSA) is 123 Å². The highest BCUT2D eigenvalue weighted by atomic mass is 32.1. The van der Waals surface area contributed by atoms with Gasteiger partial charge in [0.1, 0.15) is 5.00 Å². The molecule has 0 radical (unpaired) electrons. The number of ether oxygens (including phenoxy) is 1. The van der Waals surface area contributed by atoms with Crippen LogP contribution in [0.3, 0.4) is 0 Å². The first-order valence-corrected chi connectivity index (χ1v) is 8.41. The van der Waals surface area contributed by atoms with Crippen molar-refractivity contribution in [3.63, 3.8) is 0 Å². The Labute approximate surface area is 145 Å². The molecule has 10 heteroatoms. The summed E-state index contributed by atoms with van der Waals surface area (Å²) in [6.45, 7) is 3.59. The molecule has 2 rings (SSSR count). The van der Waals surface area contributed by atoms with Crippen LogP contribution in [-0.2, 0) is 9.53 Å². The highest BCUT2D eigenvalue weighted by Crippen LogP contribution is 2.22. The average Bonchev–Trinajstić information content (AvgIpc) is 3.19. The Hall–Kier alpha value is -2.72. The number of hydrogen-bond acceptors (Lipinski definition) is 8. The molecule has 126 valence electrons. The molecule has 0 spiro atoms. The Kier molecular flexibility index (Phi) is 6.04. The molecule has 2 aromatic rings. The van der Waals surface area contributed by atoms with Gasteiger partial charge in [0.2, 0.25) is 0 Å².